The van der Waals surface area contributed by atoms with Crippen LogP contribution in [0.1, 0.15) is 39.5 Å². The van der Waals surface area contributed by atoms with Crippen molar-refractivity contribution in [1.29, 1.82) is 0 Å². The Morgan fingerprint density at radius 1 is 1.50 bits per heavy atom. The van der Waals surface area contributed by atoms with Gasteiger partial charge >= 0.3 is 0 Å². The van der Waals surface area contributed by atoms with Crippen molar-refractivity contribution in [3.05, 3.63) is 11.6 Å². The summed E-state index contributed by atoms with van der Waals surface area (Å²) in [5.41, 5.74) is 7.30. The quantitative estimate of drug-likeness (QED) is 0.597. The van der Waals surface area contributed by atoms with Crippen LogP contribution in [-0.2, 0) is 0 Å². The predicted octanol–water partition coefficient (Wildman–Crippen LogP) is 2.72. The second-order valence-electron chi connectivity index (χ2n) is 4.14. The van der Waals surface area contributed by atoms with Gasteiger partial charge in [0, 0.05) is 0 Å². The summed E-state index contributed by atoms with van der Waals surface area (Å²) in [5.74, 6) is 1.58. The molecule has 0 spiro atoms. The van der Waals surface area contributed by atoms with E-state index in [1.165, 1.54) is 25.7 Å². The molecule has 0 aliphatic heterocycles. The van der Waals surface area contributed by atoms with Crippen molar-refractivity contribution in [3.63, 3.8) is 0 Å². The molecule has 0 saturated heterocycles. The van der Waals surface area contributed by atoms with Crippen LogP contribution in [0.3, 0.4) is 0 Å². The van der Waals surface area contributed by atoms with Crippen LogP contribution in [0.25, 0.3) is 0 Å². The molecule has 0 aromatic carbocycles. The van der Waals surface area contributed by atoms with E-state index in [9.17, 15) is 0 Å². The van der Waals surface area contributed by atoms with E-state index in [-0.39, 0.29) is 0 Å². The minimum atomic E-state index is 0.758. The summed E-state index contributed by atoms with van der Waals surface area (Å²) in [6, 6.07) is 0. The molecule has 1 unspecified atom stereocenters. The van der Waals surface area contributed by atoms with E-state index in [1.54, 1.807) is 5.57 Å². The van der Waals surface area contributed by atoms with Crippen molar-refractivity contribution in [1.82, 2.24) is 0 Å². The summed E-state index contributed by atoms with van der Waals surface area (Å²) in [7, 11) is 0. The summed E-state index contributed by atoms with van der Waals surface area (Å²) in [6.45, 7) is 5.45. The monoisotopic (exact) mass is 167 g/mol. The third kappa shape index (κ3) is 2.63. The Hall–Kier alpha value is -0.300. The molecule has 1 aliphatic rings. The lowest BCUT2D eigenvalue weighted by Crippen LogP contribution is -2.22. The fourth-order valence-electron chi connectivity index (χ4n) is 1.98. The van der Waals surface area contributed by atoms with E-state index in [1.807, 2.05) is 0 Å². The van der Waals surface area contributed by atoms with Crippen LogP contribution in [0.4, 0.5) is 0 Å². The van der Waals surface area contributed by atoms with Crippen molar-refractivity contribution in [3.8, 4) is 0 Å². The SMILES string of the molecule is C/C1=C\CCC(C)[C@@H](CN)CC1. The molecule has 1 rings (SSSR count). The van der Waals surface area contributed by atoms with Crippen molar-refractivity contribution >= 4 is 0 Å². The highest BCUT2D eigenvalue weighted by Gasteiger charge is 2.16. The highest BCUT2D eigenvalue weighted by Crippen LogP contribution is 2.26. The van der Waals surface area contributed by atoms with E-state index in [0.29, 0.717) is 0 Å². The molecular formula is C11H21N. The van der Waals surface area contributed by atoms with Gasteiger partial charge in [0.1, 0.15) is 0 Å². The minimum Gasteiger partial charge on any atom is -0.330 e. The van der Waals surface area contributed by atoms with Gasteiger partial charge < -0.3 is 5.73 Å². The predicted molar refractivity (Wildman–Crippen MR) is 53.9 cm³/mol. The average Bonchev–Trinajstić information content (AvgIpc) is 2.03. The van der Waals surface area contributed by atoms with Crippen molar-refractivity contribution in [2.45, 2.75) is 39.5 Å². The molecule has 2 N–H and O–H groups in total. The largest absolute Gasteiger partial charge is 0.330 e. The van der Waals surface area contributed by atoms with Crippen LogP contribution in [0.2, 0.25) is 0 Å². The molecule has 0 radical (unpaired) electrons. The van der Waals surface area contributed by atoms with Crippen LogP contribution in [0.5, 0.6) is 0 Å². The third-order valence-electron chi connectivity index (χ3n) is 3.13. The zero-order valence-corrected chi connectivity index (χ0v) is 8.34. The van der Waals surface area contributed by atoms with E-state index >= 15 is 0 Å². The first-order valence-corrected chi connectivity index (χ1v) is 5.09. The minimum absolute atomic E-state index is 0.758. The van der Waals surface area contributed by atoms with Gasteiger partial charge in [0.05, 0.1) is 0 Å². The van der Waals surface area contributed by atoms with Gasteiger partial charge in [0.25, 0.3) is 0 Å². The summed E-state index contributed by atoms with van der Waals surface area (Å²) >= 11 is 0. The van der Waals surface area contributed by atoms with Gasteiger partial charge in [0.2, 0.25) is 0 Å². The van der Waals surface area contributed by atoms with Gasteiger partial charge in [-0.2, -0.15) is 0 Å². The average molecular weight is 167 g/mol. The molecule has 1 nitrogen and oxygen atoms in total. The lowest BCUT2D eigenvalue weighted by Gasteiger charge is -2.24. The van der Waals surface area contributed by atoms with Crippen LogP contribution >= 0.6 is 0 Å². The topological polar surface area (TPSA) is 26.0 Å². The van der Waals surface area contributed by atoms with E-state index in [0.717, 1.165) is 18.4 Å². The number of rotatable bonds is 1. The van der Waals surface area contributed by atoms with Crippen molar-refractivity contribution < 1.29 is 0 Å². The molecule has 0 saturated carbocycles. The lowest BCUT2D eigenvalue weighted by atomic mass is 9.83. The summed E-state index contributed by atoms with van der Waals surface area (Å²) in [6.07, 6.45) is 7.51. The Balaban J connectivity index is 2.51. The number of hydrogen-bond donors (Lipinski definition) is 1. The van der Waals surface area contributed by atoms with Crippen LogP contribution < -0.4 is 5.73 Å². The second kappa shape index (κ2) is 4.66. The normalized spacial score (nSPS) is 36.4. The van der Waals surface area contributed by atoms with Crippen molar-refractivity contribution in [2.24, 2.45) is 17.6 Å². The molecule has 0 amide bonds. The fraction of sp³-hybridized carbons (Fsp3) is 0.818. The van der Waals surface area contributed by atoms with E-state index in [4.69, 9.17) is 5.73 Å². The Morgan fingerprint density at radius 3 is 2.92 bits per heavy atom. The third-order valence-corrected chi connectivity index (χ3v) is 3.13. The van der Waals surface area contributed by atoms with Crippen molar-refractivity contribution in [2.75, 3.05) is 6.54 Å². The molecular weight excluding hydrogens is 146 g/mol. The summed E-state index contributed by atoms with van der Waals surface area (Å²) in [4.78, 5) is 0. The highest BCUT2D eigenvalue weighted by molar-refractivity contribution is 4.99. The fourth-order valence-corrected chi connectivity index (χ4v) is 1.98. The van der Waals surface area contributed by atoms with Gasteiger partial charge in [-0.15, -0.1) is 0 Å². The maximum Gasteiger partial charge on any atom is -0.00462 e. The molecule has 12 heavy (non-hydrogen) atoms. The summed E-state index contributed by atoms with van der Waals surface area (Å²) in [5, 5.41) is 0. The maximum atomic E-state index is 5.74. The number of hydrogen-bond acceptors (Lipinski definition) is 1. The van der Waals surface area contributed by atoms with Gasteiger partial charge in [0.15, 0.2) is 0 Å². The zero-order chi connectivity index (χ0) is 8.97. The van der Waals surface area contributed by atoms with Gasteiger partial charge in [-0.1, -0.05) is 18.6 Å². The molecule has 0 aromatic rings. The Morgan fingerprint density at radius 2 is 2.25 bits per heavy atom. The first-order valence-electron chi connectivity index (χ1n) is 5.09. The van der Waals surface area contributed by atoms with Crippen LogP contribution in [0.15, 0.2) is 11.6 Å². The molecule has 0 heterocycles. The second-order valence-corrected chi connectivity index (χ2v) is 4.14. The number of nitrogens with two attached hydrogens (primary N) is 1. The van der Waals surface area contributed by atoms with E-state index < -0.39 is 0 Å². The first kappa shape index (κ1) is 9.79. The molecule has 1 heteroatoms. The first-order chi connectivity index (χ1) is 5.74. The molecule has 0 bridgehead atoms. The van der Waals surface area contributed by atoms with Gasteiger partial charge in [-0.25, -0.2) is 0 Å². The smallest absolute Gasteiger partial charge is 0.00462 e. The lowest BCUT2D eigenvalue weighted by molar-refractivity contribution is 0.321. The molecule has 2 atom stereocenters. The highest BCUT2D eigenvalue weighted by atomic mass is 14.6. The Labute approximate surface area is 76.0 Å². The molecule has 70 valence electrons. The Kier molecular flexibility index (Phi) is 3.80. The van der Waals surface area contributed by atoms with Crippen LogP contribution in [0, 0.1) is 11.8 Å². The van der Waals surface area contributed by atoms with Gasteiger partial charge in [-0.05, 0) is 51.0 Å². The number of allylic oxidation sites excluding steroid dienone is 2. The zero-order valence-electron chi connectivity index (χ0n) is 8.34. The molecule has 1 aliphatic carbocycles. The molecule has 0 fully saturated rings. The maximum absolute atomic E-state index is 5.74. The van der Waals surface area contributed by atoms with E-state index in [2.05, 4.69) is 19.9 Å². The molecule has 0 aromatic heterocycles. The van der Waals surface area contributed by atoms with Crippen LogP contribution in [-0.4, -0.2) is 6.54 Å². The van der Waals surface area contributed by atoms with Gasteiger partial charge in [-0.3, -0.25) is 0 Å². The standard InChI is InChI=1S/C11H21N/c1-9-4-3-5-10(2)11(8-12)7-6-9/h4,10-11H,3,5-8,12H2,1-2H3/b9-4+/t10?,11-/m1/s1. The Bertz CT molecular complexity index is 160. The summed E-state index contributed by atoms with van der Waals surface area (Å²) < 4.78 is 0.